The van der Waals surface area contributed by atoms with Crippen LogP contribution in [0.5, 0.6) is 5.75 Å². The Labute approximate surface area is 182 Å². The van der Waals surface area contributed by atoms with E-state index in [9.17, 15) is 13.2 Å². The van der Waals surface area contributed by atoms with E-state index in [1.165, 1.54) is 13.4 Å². The molecule has 2 aliphatic heterocycles. The van der Waals surface area contributed by atoms with E-state index in [1.54, 1.807) is 12.1 Å². The number of ether oxygens (including phenoxy) is 3. The van der Waals surface area contributed by atoms with E-state index in [-0.39, 0.29) is 24.7 Å². The number of carbonyl (C=O) groups excluding carboxylic acids is 1. The van der Waals surface area contributed by atoms with Crippen molar-refractivity contribution in [2.75, 3.05) is 33.1 Å². The van der Waals surface area contributed by atoms with E-state index in [1.807, 2.05) is 35.2 Å². The van der Waals surface area contributed by atoms with Crippen molar-refractivity contribution in [2.45, 2.75) is 30.6 Å². The molecule has 1 saturated heterocycles. The van der Waals surface area contributed by atoms with Crippen LogP contribution in [-0.2, 0) is 30.7 Å². The summed E-state index contributed by atoms with van der Waals surface area (Å²) < 4.78 is 40.4. The lowest BCUT2D eigenvalue weighted by molar-refractivity contribution is -0.155. The zero-order valence-electron chi connectivity index (χ0n) is 17.7. The second kappa shape index (κ2) is 8.98. The summed E-state index contributed by atoms with van der Waals surface area (Å²) >= 11 is 0. The summed E-state index contributed by atoms with van der Waals surface area (Å²) in [4.78, 5) is 14.1. The van der Waals surface area contributed by atoms with Gasteiger partial charge in [-0.05, 0) is 48.2 Å². The van der Waals surface area contributed by atoms with Crippen molar-refractivity contribution in [3.05, 3.63) is 48.0 Å². The Morgan fingerprint density at radius 2 is 1.77 bits per heavy atom. The number of likely N-dealkylation sites (tertiary alicyclic amines) is 1. The van der Waals surface area contributed by atoms with Gasteiger partial charge in [-0.3, -0.25) is 4.79 Å². The summed E-state index contributed by atoms with van der Waals surface area (Å²) in [5.41, 5.74) is 2.88. The monoisotopic (exact) mass is 445 g/mol. The molecule has 1 fully saturated rings. The molecule has 7 nitrogen and oxygen atoms in total. The predicted octanol–water partition coefficient (Wildman–Crippen LogP) is 2.88. The Bertz CT molecular complexity index is 1040. The van der Waals surface area contributed by atoms with E-state index in [2.05, 4.69) is 0 Å². The quantitative estimate of drug-likeness (QED) is 0.704. The summed E-state index contributed by atoms with van der Waals surface area (Å²) in [5, 5.41) is 0. The third-order valence-corrected chi connectivity index (χ3v) is 7.00. The van der Waals surface area contributed by atoms with Gasteiger partial charge in [-0.15, -0.1) is 0 Å². The van der Waals surface area contributed by atoms with Crippen molar-refractivity contribution in [3.8, 4) is 16.9 Å². The van der Waals surface area contributed by atoms with Crippen molar-refractivity contribution < 1.29 is 27.4 Å². The number of hydrogen-bond donors (Lipinski definition) is 0. The van der Waals surface area contributed by atoms with Gasteiger partial charge in [-0.25, -0.2) is 8.42 Å². The third-order valence-electron chi connectivity index (χ3n) is 5.87. The normalized spacial score (nSPS) is 19.5. The van der Waals surface area contributed by atoms with Crippen LogP contribution in [0, 0.1) is 5.92 Å². The number of fused-ring (bicyclic) bond motifs is 1. The van der Waals surface area contributed by atoms with Gasteiger partial charge in [0.1, 0.15) is 12.4 Å². The van der Waals surface area contributed by atoms with Gasteiger partial charge in [0.15, 0.2) is 9.84 Å². The molecule has 2 aromatic carbocycles. The van der Waals surface area contributed by atoms with Gasteiger partial charge in [0.05, 0.1) is 11.5 Å². The molecule has 2 aliphatic rings. The van der Waals surface area contributed by atoms with Crippen LogP contribution in [0.2, 0.25) is 0 Å². The van der Waals surface area contributed by atoms with Crippen LogP contribution in [0.4, 0.5) is 0 Å². The highest BCUT2D eigenvalue weighted by Crippen LogP contribution is 2.35. The van der Waals surface area contributed by atoms with Gasteiger partial charge in [0.25, 0.3) is 0 Å². The van der Waals surface area contributed by atoms with Crippen LogP contribution < -0.4 is 4.74 Å². The van der Waals surface area contributed by atoms with Crippen LogP contribution in [0.1, 0.15) is 18.4 Å². The number of hydrogen-bond acceptors (Lipinski definition) is 6. The maximum Gasteiger partial charge on any atom is 0.248 e. The molecule has 1 atom stereocenters. The smallest absolute Gasteiger partial charge is 0.248 e. The SMILES string of the molecule is COCC(=O)N1CCC(C2OCc3cc(-c4ccc(S(C)(=O)=O)cc4)ccc3O2)CC1. The maximum absolute atomic E-state index is 12.0. The molecule has 0 bridgehead atoms. The lowest BCUT2D eigenvalue weighted by Crippen LogP contribution is -2.45. The second-order valence-electron chi connectivity index (χ2n) is 8.07. The highest BCUT2D eigenvalue weighted by atomic mass is 32.2. The molecule has 4 rings (SSSR count). The van der Waals surface area contributed by atoms with Gasteiger partial charge in [0.2, 0.25) is 12.2 Å². The zero-order valence-corrected chi connectivity index (χ0v) is 18.6. The van der Waals surface area contributed by atoms with Crippen LogP contribution >= 0.6 is 0 Å². The summed E-state index contributed by atoms with van der Waals surface area (Å²) in [6, 6.07) is 12.8. The van der Waals surface area contributed by atoms with Crippen LogP contribution in [0.25, 0.3) is 11.1 Å². The number of carbonyl (C=O) groups is 1. The van der Waals surface area contributed by atoms with E-state index in [0.29, 0.717) is 24.6 Å². The number of sulfone groups is 1. The first-order valence-electron chi connectivity index (χ1n) is 10.3. The molecule has 1 amide bonds. The zero-order chi connectivity index (χ0) is 22.0. The Balaban J connectivity index is 1.40. The number of methoxy groups -OCH3 is 1. The first-order valence-corrected chi connectivity index (χ1v) is 12.2. The van der Waals surface area contributed by atoms with Gasteiger partial charge in [-0.2, -0.15) is 0 Å². The molecular weight excluding hydrogens is 418 g/mol. The van der Waals surface area contributed by atoms with Gasteiger partial charge in [0, 0.05) is 37.9 Å². The minimum absolute atomic E-state index is 0.0221. The average Bonchev–Trinajstić information content (AvgIpc) is 2.78. The van der Waals surface area contributed by atoms with Gasteiger partial charge < -0.3 is 19.1 Å². The van der Waals surface area contributed by atoms with Crippen molar-refractivity contribution >= 4 is 15.7 Å². The second-order valence-corrected chi connectivity index (χ2v) is 10.1. The number of rotatable bonds is 5. The average molecular weight is 446 g/mol. The van der Waals surface area contributed by atoms with Gasteiger partial charge >= 0.3 is 0 Å². The first kappa shape index (κ1) is 21.8. The van der Waals surface area contributed by atoms with Crippen LogP contribution in [-0.4, -0.2) is 58.6 Å². The van der Waals surface area contributed by atoms with Crippen LogP contribution in [0.3, 0.4) is 0 Å². The van der Waals surface area contributed by atoms with Crippen molar-refractivity contribution in [3.63, 3.8) is 0 Å². The number of amides is 1. The highest BCUT2D eigenvalue weighted by Gasteiger charge is 2.33. The topological polar surface area (TPSA) is 82.1 Å². The standard InChI is InChI=1S/C23H27NO6S/c1-28-15-22(25)24-11-9-17(10-12-24)23-29-14-19-13-18(5-8-21(19)30-23)16-3-6-20(7-4-16)31(2,26)27/h3-8,13,17,23H,9-12,14-15H2,1-2H3. The number of nitrogens with zero attached hydrogens (tertiary/aromatic N) is 1. The van der Waals surface area contributed by atoms with E-state index >= 15 is 0 Å². The van der Waals surface area contributed by atoms with Crippen molar-refractivity contribution in [2.24, 2.45) is 5.92 Å². The Morgan fingerprint density at radius 3 is 2.42 bits per heavy atom. The summed E-state index contributed by atoms with van der Waals surface area (Å²) in [6.07, 6.45) is 2.56. The van der Waals surface area contributed by atoms with E-state index in [4.69, 9.17) is 14.2 Å². The van der Waals surface area contributed by atoms with Crippen molar-refractivity contribution in [1.82, 2.24) is 4.90 Å². The summed E-state index contributed by atoms with van der Waals surface area (Å²) in [5.74, 6) is 1.07. The number of benzene rings is 2. The minimum atomic E-state index is -3.21. The molecular formula is C23H27NO6S. The lowest BCUT2D eigenvalue weighted by Gasteiger charge is -2.37. The number of piperidine rings is 1. The summed E-state index contributed by atoms with van der Waals surface area (Å²) in [7, 11) is -1.68. The van der Waals surface area contributed by atoms with Gasteiger partial charge in [-0.1, -0.05) is 18.2 Å². The fourth-order valence-corrected chi connectivity index (χ4v) is 4.71. The molecule has 0 N–H and O–H groups in total. The third kappa shape index (κ3) is 4.92. The Morgan fingerprint density at radius 1 is 1.10 bits per heavy atom. The predicted molar refractivity (Wildman–Crippen MR) is 115 cm³/mol. The van der Waals surface area contributed by atoms with Crippen LogP contribution in [0.15, 0.2) is 47.4 Å². The Hall–Kier alpha value is -2.42. The molecule has 0 aromatic heterocycles. The Kier molecular flexibility index (Phi) is 6.31. The fourth-order valence-electron chi connectivity index (χ4n) is 4.08. The van der Waals surface area contributed by atoms with E-state index in [0.717, 1.165) is 35.3 Å². The highest BCUT2D eigenvalue weighted by molar-refractivity contribution is 7.90. The first-order chi connectivity index (χ1) is 14.8. The molecule has 2 aromatic rings. The fraction of sp³-hybridized carbons (Fsp3) is 0.435. The molecule has 0 radical (unpaired) electrons. The molecule has 0 spiro atoms. The van der Waals surface area contributed by atoms with E-state index < -0.39 is 9.84 Å². The minimum Gasteiger partial charge on any atom is -0.464 e. The van der Waals surface area contributed by atoms with Crippen molar-refractivity contribution in [1.29, 1.82) is 0 Å². The molecule has 31 heavy (non-hydrogen) atoms. The lowest BCUT2D eigenvalue weighted by atomic mass is 9.95. The molecule has 1 unspecified atom stereocenters. The molecule has 2 heterocycles. The molecule has 8 heteroatoms. The summed E-state index contributed by atoms with van der Waals surface area (Å²) in [6.45, 7) is 1.95. The largest absolute Gasteiger partial charge is 0.464 e. The molecule has 0 aliphatic carbocycles. The molecule has 166 valence electrons. The maximum atomic E-state index is 12.0. The molecule has 0 saturated carbocycles.